The zero-order valence-electron chi connectivity index (χ0n) is 12.6. The van der Waals surface area contributed by atoms with Crippen LogP contribution in [0.25, 0.3) is 0 Å². The highest BCUT2D eigenvalue weighted by molar-refractivity contribution is 7.99. The lowest BCUT2D eigenvalue weighted by Gasteiger charge is -2.21. The van der Waals surface area contributed by atoms with Gasteiger partial charge >= 0.3 is 0 Å². The number of hydrazine groups is 1. The number of rotatable bonds is 10. The number of nitrogens with one attached hydrogen (secondary N) is 1. The zero-order chi connectivity index (χ0) is 14.8. The van der Waals surface area contributed by atoms with Gasteiger partial charge in [-0.2, -0.15) is 11.8 Å². The molecule has 20 heavy (non-hydrogen) atoms. The average Bonchev–Trinajstić information content (AvgIpc) is 2.49. The highest BCUT2D eigenvalue weighted by atomic mass is 32.2. The summed E-state index contributed by atoms with van der Waals surface area (Å²) in [6, 6.07) is 8.11. The summed E-state index contributed by atoms with van der Waals surface area (Å²) >= 11 is 1.92. The van der Waals surface area contributed by atoms with Crippen molar-refractivity contribution in [3.05, 3.63) is 29.8 Å². The van der Waals surface area contributed by atoms with Gasteiger partial charge in [-0.15, -0.1) is 0 Å². The van der Waals surface area contributed by atoms with Crippen LogP contribution < -0.4 is 16.0 Å². The van der Waals surface area contributed by atoms with E-state index in [1.165, 1.54) is 0 Å². The molecule has 0 saturated heterocycles. The van der Waals surface area contributed by atoms with Gasteiger partial charge in [-0.3, -0.25) is 11.3 Å². The smallest absolute Gasteiger partial charge is 0.124 e. The summed E-state index contributed by atoms with van der Waals surface area (Å²) in [6.45, 7) is 5.56. The molecule has 0 amide bonds. The first-order valence-electron chi connectivity index (χ1n) is 7.01. The highest BCUT2D eigenvalue weighted by Gasteiger charge is 2.16. The van der Waals surface area contributed by atoms with Crippen LogP contribution >= 0.6 is 11.8 Å². The largest absolute Gasteiger partial charge is 0.491 e. The Labute approximate surface area is 126 Å². The van der Waals surface area contributed by atoms with E-state index in [4.69, 9.17) is 15.3 Å². The fourth-order valence-corrected chi connectivity index (χ4v) is 2.77. The second-order valence-electron chi connectivity index (χ2n) is 4.65. The number of ether oxygens (including phenoxy) is 2. The summed E-state index contributed by atoms with van der Waals surface area (Å²) in [7, 11) is 1.67. The molecule has 1 aromatic carbocycles. The molecule has 0 fully saturated rings. The predicted molar refractivity (Wildman–Crippen MR) is 86.1 cm³/mol. The molecule has 0 bridgehead atoms. The van der Waals surface area contributed by atoms with Gasteiger partial charge in [-0.05, 0) is 12.5 Å². The molecule has 2 unspecified atom stereocenters. The Morgan fingerprint density at radius 2 is 2.05 bits per heavy atom. The van der Waals surface area contributed by atoms with Crippen LogP contribution in [0.2, 0.25) is 0 Å². The number of hydrogen-bond acceptors (Lipinski definition) is 5. The van der Waals surface area contributed by atoms with Crippen LogP contribution in [-0.2, 0) is 4.74 Å². The van der Waals surface area contributed by atoms with Crippen molar-refractivity contribution in [2.45, 2.75) is 31.6 Å². The van der Waals surface area contributed by atoms with E-state index in [-0.39, 0.29) is 6.04 Å². The standard InChI is InChI=1S/C15H26N2O2S/c1-4-12(2)20-11-14(17-16)13-7-5-6-8-15(13)19-10-9-18-3/h5-8,12,14,17H,4,9-11,16H2,1-3H3. The molecule has 4 nitrogen and oxygen atoms in total. The monoisotopic (exact) mass is 298 g/mol. The van der Waals surface area contributed by atoms with Gasteiger partial charge in [0.1, 0.15) is 12.4 Å². The van der Waals surface area contributed by atoms with Crippen molar-refractivity contribution in [1.82, 2.24) is 5.43 Å². The maximum atomic E-state index is 5.76. The molecule has 1 rings (SSSR count). The molecule has 114 valence electrons. The summed E-state index contributed by atoms with van der Waals surface area (Å²) < 4.78 is 10.8. The lowest BCUT2D eigenvalue weighted by atomic mass is 10.1. The Bertz CT molecular complexity index is 377. The molecule has 0 aliphatic rings. The minimum Gasteiger partial charge on any atom is -0.491 e. The van der Waals surface area contributed by atoms with E-state index in [2.05, 4.69) is 25.3 Å². The minimum atomic E-state index is 0.0905. The number of benzene rings is 1. The van der Waals surface area contributed by atoms with Crippen molar-refractivity contribution in [3.8, 4) is 5.75 Å². The normalized spacial score (nSPS) is 14.0. The van der Waals surface area contributed by atoms with E-state index in [0.29, 0.717) is 18.5 Å². The molecular formula is C15H26N2O2S. The van der Waals surface area contributed by atoms with Gasteiger partial charge in [0.15, 0.2) is 0 Å². The Morgan fingerprint density at radius 3 is 2.70 bits per heavy atom. The maximum absolute atomic E-state index is 5.76. The van der Waals surface area contributed by atoms with Gasteiger partial charge in [-0.25, -0.2) is 0 Å². The van der Waals surface area contributed by atoms with E-state index in [0.717, 1.165) is 23.5 Å². The number of hydrogen-bond donors (Lipinski definition) is 2. The lowest BCUT2D eigenvalue weighted by molar-refractivity contribution is 0.145. The van der Waals surface area contributed by atoms with Gasteiger partial charge in [0, 0.05) is 23.7 Å². The van der Waals surface area contributed by atoms with Crippen molar-refractivity contribution >= 4 is 11.8 Å². The van der Waals surface area contributed by atoms with Crippen molar-refractivity contribution in [2.75, 3.05) is 26.1 Å². The molecule has 5 heteroatoms. The van der Waals surface area contributed by atoms with Crippen LogP contribution in [0.3, 0.4) is 0 Å². The molecular weight excluding hydrogens is 272 g/mol. The molecule has 0 saturated carbocycles. The van der Waals surface area contributed by atoms with Gasteiger partial charge in [-0.1, -0.05) is 32.0 Å². The lowest BCUT2D eigenvalue weighted by Crippen LogP contribution is -2.30. The molecule has 0 heterocycles. The Kier molecular flexibility index (Phi) is 8.69. The third-order valence-corrected chi connectivity index (χ3v) is 4.59. The summed E-state index contributed by atoms with van der Waals surface area (Å²) in [5.74, 6) is 7.51. The summed E-state index contributed by atoms with van der Waals surface area (Å²) in [5, 5.41) is 0.632. The minimum absolute atomic E-state index is 0.0905. The molecule has 3 N–H and O–H groups in total. The first kappa shape index (κ1) is 17.3. The van der Waals surface area contributed by atoms with Gasteiger partial charge in [0.2, 0.25) is 0 Å². The number of para-hydroxylation sites is 1. The SMILES string of the molecule is CCC(C)SCC(NN)c1ccccc1OCCOC. The van der Waals surface area contributed by atoms with Crippen molar-refractivity contribution in [2.24, 2.45) is 5.84 Å². The van der Waals surface area contributed by atoms with Crippen LogP contribution in [0.4, 0.5) is 0 Å². The van der Waals surface area contributed by atoms with E-state index in [1.54, 1.807) is 7.11 Å². The fourth-order valence-electron chi connectivity index (χ4n) is 1.74. The van der Waals surface area contributed by atoms with Gasteiger partial charge in [0.25, 0.3) is 0 Å². The van der Waals surface area contributed by atoms with E-state index in [1.807, 2.05) is 30.0 Å². The highest BCUT2D eigenvalue weighted by Crippen LogP contribution is 2.28. The van der Waals surface area contributed by atoms with Crippen molar-refractivity contribution in [1.29, 1.82) is 0 Å². The second-order valence-corrected chi connectivity index (χ2v) is 6.12. The number of methoxy groups -OCH3 is 1. The maximum Gasteiger partial charge on any atom is 0.124 e. The molecule has 0 aromatic heterocycles. The molecule has 1 aromatic rings. The fraction of sp³-hybridized carbons (Fsp3) is 0.600. The third-order valence-electron chi connectivity index (χ3n) is 3.16. The van der Waals surface area contributed by atoms with Gasteiger partial charge in [0.05, 0.1) is 12.6 Å². The van der Waals surface area contributed by atoms with Crippen LogP contribution in [0, 0.1) is 0 Å². The predicted octanol–water partition coefficient (Wildman–Crippen LogP) is 2.75. The molecule has 2 atom stereocenters. The average molecular weight is 298 g/mol. The van der Waals surface area contributed by atoms with Crippen molar-refractivity contribution in [3.63, 3.8) is 0 Å². The Balaban J connectivity index is 2.69. The van der Waals surface area contributed by atoms with Crippen molar-refractivity contribution < 1.29 is 9.47 Å². The topological polar surface area (TPSA) is 56.5 Å². The second kappa shape index (κ2) is 10.0. The summed E-state index contributed by atoms with van der Waals surface area (Å²) in [5.41, 5.74) is 4.00. The van der Waals surface area contributed by atoms with E-state index >= 15 is 0 Å². The quantitative estimate of drug-likeness (QED) is 0.395. The third kappa shape index (κ3) is 5.71. The van der Waals surface area contributed by atoms with Crippen LogP contribution in [0.15, 0.2) is 24.3 Å². The molecule has 0 radical (unpaired) electrons. The van der Waals surface area contributed by atoms with E-state index < -0.39 is 0 Å². The van der Waals surface area contributed by atoms with Gasteiger partial charge < -0.3 is 9.47 Å². The van der Waals surface area contributed by atoms with Crippen LogP contribution in [-0.4, -0.2) is 31.3 Å². The first-order chi connectivity index (χ1) is 9.72. The first-order valence-corrected chi connectivity index (χ1v) is 8.06. The Morgan fingerprint density at radius 1 is 1.30 bits per heavy atom. The zero-order valence-corrected chi connectivity index (χ0v) is 13.4. The summed E-state index contributed by atoms with van der Waals surface area (Å²) in [4.78, 5) is 0. The van der Waals surface area contributed by atoms with Crippen LogP contribution in [0.1, 0.15) is 31.9 Å². The molecule has 0 spiro atoms. The Hall–Kier alpha value is -0.750. The van der Waals surface area contributed by atoms with E-state index in [9.17, 15) is 0 Å². The van der Waals surface area contributed by atoms with Crippen LogP contribution in [0.5, 0.6) is 5.75 Å². The molecule has 0 aliphatic carbocycles. The number of nitrogens with two attached hydrogens (primary N) is 1. The number of thioether (sulfide) groups is 1. The summed E-state index contributed by atoms with van der Waals surface area (Å²) in [6.07, 6.45) is 1.16. The molecule has 0 aliphatic heterocycles.